The zero-order valence-electron chi connectivity index (χ0n) is 9.20. The quantitative estimate of drug-likeness (QED) is 0.602. The van der Waals surface area contributed by atoms with Crippen LogP contribution >= 0.6 is 11.6 Å². The highest BCUT2D eigenvalue weighted by atomic mass is 35.5. The van der Waals surface area contributed by atoms with Gasteiger partial charge in [0.25, 0.3) is 0 Å². The number of benzene rings is 1. The summed E-state index contributed by atoms with van der Waals surface area (Å²) in [6, 6.07) is 7.28. The third-order valence-corrected chi connectivity index (χ3v) is 2.91. The predicted octanol–water partition coefficient (Wildman–Crippen LogP) is 2.73. The van der Waals surface area contributed by atoms with Crippen molar-refractivity contribution in [3.63, 3.8) is 0 Å². The first-order chi connectivity index (χ1) is 7.58. The van der Waals surface area contributed by atoms with E-state index in [1.54, 1.807) is 26.0 Å². The van der Waals surface area contributed by atoms with Crippen molar-refractivity contribution in [3.05, 3.63) is 34.9 Å². The first-order valence-electron chi connectivity index (χ1n) is 5.18. The molecule has 4 heteroatoms. The van der Waals surface area contributed by atoms with Crippen LogP contribution in [0.3, 0.4) is 0 Å². The second-order valence-electron chi connectivity index (χ2n) is 3.88. The minimum atomic E-state index is -0.830. The molecule has 0 bridgehead atoms. The Morgan fingerprint density at radius 1 is 1.50 bits per heavy atom. The molecule has 0 amide bonds. The number of esters is 1. The molecule has 0 aliphatic carbocycles. The van der Waals surface area contributed by atoms with Crippen LogP contribution in [0.4, 0.5) is 0 Å². The Morgan fingerprint density at radius 3 is 2.69 bits per heavy atom. The van der Waals surface area contributed by atoms with Gasteiger partial charge in [0.05, 0.1) is 6.61 Å². The van der Waals surface area contributed by atoms with E-state index in [9.17, 15) is 4.79 Å². The standard InChI is InChI=1S/C12H13ClO3/c1-3-15-11(14)12(2)10(16-12)8-4-6-9(13)7-5-8/h4-7,10H,3H2,1-2H3/t10-,12+/m1/s1. The summed E-state index contributed by atoms with van der Waals surface area (Å²) in [5.74, 6) is -0.310. The van der Waals surface area contributed by atoms with E-state index in [2.05, 4.69) is 0 Å². The minimum Gasteiger partial charge on any atom is -0.464 e. The third kappa shape index (κ3) is 1.93. The van der Waals surface area contributed by atoms with Gasteiger partial charge < -0.3 is 9.47 Å². The Balaban J connectivity index is 2.10. The van der Waals surface area contributed by atoms with Crippen LogP contribution < -0.4 is 0 Å². The normalized spacial score (nSPS) is 27.6. The molecule has 3 nitrogen and oxygen atoms in total. The van der Waals surface area contributed by atoms with E-state index in [1.165, 1.54) is 0 Å². The van der Waals surface area contributed by atoms with E-state index in [0.717, 1.165) is 5.56 Å². The van der Waals surface area contributed by atoms with Crippen molar-refractivity contribution in [2.75, 3.05) is 6.61 Å². The van der Waals surface area contributed by atoms with E-state index in [4.69, 9.17) is 21.1 Å². The molecule has 16 heavy (non-hydrogen) atoms. The lowest BCUT2D eigenvalue weighted by Crippen LogP contribution is -2.24. The third-order valence-electron chi connectivity index (χ3n) is 2.66. The summed E-state index contributed by atoms with van der Waals surface area (Å²) in [6.07, 6.45) is -0.219. The van der Waals surface area contributed by atoms with E-state index >= 15 is 0 Å². The van der Waals surface area contributed by atoms with Crippen molar-refractivity contribution >= 4 is 17.6 Å². The summed E-state index contributed by atoms with van der Waals surface area (Å²) >= 11 is 5.79. The Kier molecular flexibility index (Phi) is 2.91. The number of carbonyl (C=O) groups excluding carboxylic acids is 1. The highest BCUT2D eigenvalue weighted by Crippen LogP contribution is 2.50. The van der Waals surface area contributed by atoms with Crippen LogP contribution in [0.25, 0.3) is 0 Å². The van der Waals surface area contributed by atoms with E-state index in [-0.39, 0.29) is 12.1 Å². The highest BCUT2D eigenvalue weighted by molar-refractivity contribution is 6.30. The number of ether oxygens (including phenoxy) is 2. The molecule has 1 aliphatic heterocycles. The van der Waals surface area contributed by atoms with E-state index in [0.29, 0.717) is 11.6 Å². The van der Waals surface area contributed by atoms with Crippen LogP contribution in [-0.4, -0.2) is 18.2 Å². The lowest BCUT2D eigenvalue weighted by atomic mass is 10.0. The molecule has 1 aromatic carbocycles. The molecule has 1 saturated heterocycles. The Labute approximate surface area is 99.3 Å². The molecule has 0 aromatic heterocycles. The molecule has 1 aliphatic rings. The fraction of sp³-hybridized carbons (Fsp3) is 0.417. The average Bonchev–Trinajstić information content (AvgIpc) is 2.94. The zero-order valence-corrected chi connectivity index (χ0v) is 9.95. The number of epoxide rings is 1. The summed E-state index contributed by atoms with van der Waals surface area (Å²) in [4.78, 5) is 11.6. The summed E-state index contributed by atoms with van der Waals surface area (Å²) < 4.78 is 10.4. The second-order valence-corrected chi connectivity index (χ2v) is 4.31. The monoisotopic (exact) mass is 240 g/mol. The molecule has 0 radical (unpaired) electrons. The van der Waals surface area contributed by atoms with Crippen molar-refractivity contribution in [2.24, 2.45) is 0 Å². The number of hydrogen-bond acceptors (Lipinski definition) is 3. The maximum Gasteiger partial charge on any atom is 0.341 e. The second kappa shape index (κ2) is 4.07. The van der Waals surface area contributed by atoms with Gasteiger partial charge in [-0.05, 0) is 31.5 Å². The molecule has 0 saturated carbocycles. The van der Waals surface area contributed by atoms with Gasteiger partial charge in [0.1, 0.15) is 6.10 Å². The van der Waals surface area contributed by atoms with Gasteiger partial charge in [-0.3, -0.25) is 0 Å². The lowest BCUT2D eigenvalue weighted by Gasteiger charge is -2.05. The molecule has 2 rings (SSSR count). The topological polar surface area (TPSA) is 38.8 Å². The fourth-order valence-corrected chi connectivity index (χ4v) is 1.79. The Bertz CT molecular complexity index is 401. The smallest absolute Gasteiger partial charge is 0.341 e. The lowest BCUT2D eigenvalue weighted by molar-refractivity contribution is -0.148. The summed E-state index contributed by atoms with van der Waals surface area (Å²) in [5, 5.41) is 0.669. The molecule has 1 aromatic rings. The SMILES string of the molecule is CCOC(=O)[C@@]1(C)O[C@@H]1c1ccc(Cl)cc1. The number of halogens is 1. The largest absolute Gasteiger partial charge is 0.464 e. The van der Waals surface area contributed by atoms with Gasteiger partial charge in [-0.2, -0.15) is 0 Å². The molecule has 1 fully saturated rings. The first-order valence-corrected chi connectivity index (χ1v) is 5.56. The number of carbonyl (C=O) groups is 1. The van der Waals surface area contributed by atoms with Crippen LogP contribution in [-0.2, 0) is 14.3 Å². The van der Waals surface area contributed by atoms with Crippen molar-refractivity contribution in [2.45, 2.75) is 25.6 Å². The Hall–Kier alpha value is -1.06. The van der Waals surface area contributed by atoms with Crippen LogP contribution in [0.5, 0.6) is 0 Å². The zero-order chi connectivity index (χ0) is 11.8. The molecule has 0 unspecified atom stereocenters. The summed E-state index contributed by atoms with van der Waals surface area (Å²) in [7, 11) is 0. The van der Waals surface area contributed by atoms with Crippen LogP contribution in [0.15, 0.2) is 24.3 Å². The molecule has 1 heterocycles. The molecule has 2 atom stereocenters. The summed E-state index contributed by atoms with van der Waals surface area (Å²) in [5.41, 5.74) is 0.115. The highest BCUT2D eigenvalue weighted by Gasteiger charge is 2.60. The van der Waals surface area contributed by atoms with Gasteiger partial charge >= 0.3 is 5.97 Å². The fourth-order valence-electron chi connectivity index (χ4n) is 1.66. The number of hydrogen-bond donors (Lipinski definition) is 0. The molecular weight excluding hydrogens is 228 g/mol. The summed E-state index contributed by atoms with van der Waals surface area (Å²) in [6.45, 7) is 3.89. The van der Waals surface area contributed by atoms with Crippen molar-refractivity contribution in [1.82, 2.24) is 0 Å². The first kappa shape index (κ1) is 11.4. The molecule has 0 N–H and O–H groups in total. The maximum atomic E-state index is 11.6. The van der Waals surface area contributed by atoms with Gasteiger partial charge in [-0.1, -0.05) is 23.7 Å². The van der Waals surface area contributed by atoms with Gasteiger partial charge in [-0.25, -0.2) is 4.79 Å². The van der Waals surface area contributed by atoms with Crippen molar-refractivity contribution in [1.29, 1.82) is 0 Å². The van der Waals surface area contributed by atoms with Gasteiger partial charge in [-0.15, -0.1) is 0 Å². The Morgan fingerprint density at radius 2 is 2.12 bits per heavy atom. The van der Waals surface area contributed by atoms with E-state index in [1.807, 2.05) is 12.1 Å². The van der Waals surface area contributed by atoms with Crippen LogP contribution in [0.1, 0.15) is 25.5 Å². The van der Waals surface area contributed by atoms with Gasteiger partial charge in [0, 0.05) is 5.02 Å². The molecular formula is C12H13ClO3. The van der Waals surface area contributed by atoms with Crippen LogP contribution in [0.2, 0.25) is 5.02 Å². The predicted molar refractivity (Wildman–Crippen MR) is 60.3 cm³/mol. The van der Waals surface area contributed by atoms with Gasteiger partial charge in [0.2, 0.25) is 0 Å². The molecule has 86 valence electrons. The van der Waals surface area contributed by atoms with Crippen molar-refractivity contribution < 1.29 is 14.3 Å². The maximum absolute atomic E-state index is 11.6. The van der Waals surface area contributed by atoms with Gasteiger partial charge in [0.15, 0.2) is 5.60 Å². The van der Waals surface area contributed by atoms with Crippen LogP contribution in [0, 0.1) is 0 Å². The molecule has 0 spiro atoms. The van der Waals surface area contributed by atoms with Crippen molar-refractivity contribution in [3.8, 4) is 0 Å². The minimum absolute atomic E-state index is 0.219. The average molecular weight is 241 g/mol. The van der Waals surface area contributed by atoms with E-state index < -0.39 is 5.60 Å². The number of rotatable bonds is 3.